The van der Waals surface area contributed by atoms with E-state index in [0.717, 1.165) is 18.6 Å². The van der Waals surface area contributed by atoms with Gasteiger partial charge < -0.3 is 14.5 Å². The van der Waals surface area contributed by atoms with Crippen molar-refractivity contribution < 1.29 is 4.79 Å². The fourth-order valence-electron chi connectivity index (χ4n) is 4.29. The maximum Gasteiger partial charge on any atom is 0.258 e. The van der Waals surface area contributed by atoms with Crippen molar-refractivity contribution in [3.63, 3.8) is 0 Å². The van der Waals surface area contributed by atoms with Crippen LogP contribution in [0, 0.1) is 0 Å². The molecule has 4 aromatic rings. The molecule has 158 valence electrons. The van der Waals surface area contributed by atoms with Gasteiger partial charge in [0, 0.05) is 50.9 Å². The molecule has 1 aliphatic heterocycles. The van der Waals surface area contributed by atoms with Gasteiger partial charge in [-0.1, -0.05) is 30.3 Å². The van der Waals surface area contributed by atoms with Gasteiger partial charge in [-0.25, -0.2) is 4.98 Å². The number of fused-ring (bicyclic) bond motifs is 2. The molecular formula is C24H25N5O2. The summed E-state index contributed by atoms with van der Waals surface area (Å²) < 4.78 is 2.14. The van der Waals surface area contributed by atoms with Gasteiger partial charge in [0.15, 0.2) is 0 Å². The monoisotopic (exact) mass is 415 g/mol. The van der Waals surface area contributed by atoms with Crippen LogP contribution in [-0.4, -0.2) is 56.4 Å². The van der Waals surface area contributed by atoms with E-state index in [4.69, 9.17) is 0 Å². The molecule has 0 radical (unpaired) electrons. The molecule has 31 heavy (non-hydrogen) atoms. The lowest BCUT2D eigenvalue weighted by Gasteiger charge is -2.34. The zero-order valence-corrected chi connectivity index (χ0v) is 17.3. The third-order valence-electron chi connectivity index (χ3n) is 6.01. The van der Waals surface area contributed by atoms with E-state index in [2.05, 4.69) is 37.6 Å². The largest absolute Gasteiger partial charge is 0.347 e. The predicted octanol–water partition coefficient (Wildman–Crippen LogP) is 2.61. The van der Waals surface area contributed by atoms with E-state index in [1.165, 1.54) is 5.39 Å². The van der Waals surface area contributed by atoms with Crippen LogP contribution < -0.4 is 5.56 Å². The lowest BCUT2D eigenvalue weighted by atomic mass is 10.2. The van der Waals surface area contributed by atoms with Crippen molar-refractivity contribution in [1.82, 2.24) is 24.3 Å². The first kappa shape index (κ1) is 19.5. The SMILES string of the molecule is O=C(CCn1ccc2ccccc21)N1CCN(Cc2nc3ccccc3c(=O)[nH]2)CC1. The van der Waals surface area contributed by atoms with Crippen LogP contribution in [0.1, 0.15) is 12.2 Å². The van der Waals surface area contributed by atoms with Gasteiger partial charge in [0.25, 0.3) is 5.56 Å². The van der Waals surface area contributed by atoms with Crippen molar-refractivity contribution in [2.24, 2.45) is 0 Å². The van der Waals surface area contributed by atoms with Gasteiger partial charge in [0.1, 0.15) is 5.82 Å². The molecule has 1 saturated heterocycles. The van der Waals surface area contributed by atoms with E-state index in [9.17, 15) is 9.59 Å². The van der Waals surface area contributed by atoms with E-state index in [-0.39, 0.29) is 11.5 Å². The van der Waals surface area contributed by atoms with Gasteiger partial charge >= 0.3 is 0 Å². The van der Waals surface area contributed by atoms with Crippen LogP contribution in [0.3, 0.4) is 0 Å². The number of aromatic nitrogens is 3. The second-order valence-corrected chi connectivity index (χ2v) is 8.00. The summed E-state index contributed by atoms with van der Waals surface area (Å²) in [5.74, 6) is 0.859. The molecule has 0 unspecified atom stereocenters. The summed E-state index contributed by atoms with van der Waals surface area (Å²) in [7, 11) is 0. The summed E-state index contributed by atoms with van der Waals surface area (Å²) in [4.78, 5) is 36.6. The van der Waals surface area contributed by atoms with Crippen LogP contribution in [0.25, 0.3) is 21.8 Å². The van der Waals surface area contributed by atoms with Gasteiger partial charge in [0.2, 0.25) is 5.91 Å². The minimum atomic E-state index is -0.105. The fourth-order valence-corrected chi connectivity index (χ4v) is 4.29. The Morgan fingerprint density at radius 3 is 2.61 bits per heavy atom. The van der Waals surface area contributed by atoms with Crippen molar-refractivity contribution in [3.8, 4) is 0 Å². The molecule has 7 nitrogen and oxygen atoms in total. The van der Waals surface area contributed by atoms with E-state index >= 15 is 0 Å². The van der Waals surface area contributed by atoms with Gasteiger partial charge in [-0.05, 0) is 29.7 Å². The number of rotatable bonds is 5. The molecule has 5 rings (SSSR count). The molecule has 1 fully saturated rings. The summed E-state index contributed by atoms with van der Waals surface area (Å²) >= 11 is 0. The number of hydrogen-bond acceptors (Lipinski definition) is 4. The molecule has 7 heteroatoms. The second-order valence-electron chi connectivity index (χ2n) is 8.00. The molecule has 0 aliphatic carbocycles. The third-order valence-corrected chi connectivity index (χ3v) is 6.01. The molecule has 0 saturated carbocycles. The Morgan fingerprint density at radius 2 is 1.74 bits per heavy atom. The standard InChI is InChI=1S/C24H25N5O2/c30-23(10-12-28-11-9-18-5-1-4-8-21(18)28)29-15-13-27(14-16-29)17-22-25-20-7-3-2-6-19(20)24(31)26-22/h1-9,11H,10,12-17H2,(H,25,26,31). The number of benzene rings is 2. The van der Waals surface area contributed by atoms with Crippen LogP contribution in [-0.2, 0) is 17.9 Å². The van der Waals surface area contributed by atoms with E-state index in [1.807, 2.05) is 41.4 Å². The minimum Gasteiger partial charge on any atom is -0.347 e. The van der Waals surface area contributed by atoms with Gasteiger partial charge in [-0.2, -0.15) is 0 Å². The average molecular weight is 415 g/mol. The lowest BCUT2D eigenvalue weighted by Crippen LogP contribution is -2.48. The molecule has 1 aliphatic rings. The van der Waals surface area contributed by atoms with Crippen molar-refractivity contribution >= 4 is 27.7 Å². The molecule has 0 atom stereocenters. The van der Waals surface area contributed by atoms with Gasteiger partial charge in [-0.15, -0.1) is 0 Å². The first-order valence-corrected chi connectivity index (χ1v) is 10.7. The number of piperazine rings is 1. The van der Waals surface area contributed by atoms with E-state index in [1.54, 1.807) is 6.07 Å². The molecule has 0 spiro atoms. The molecule has 2 aromatic carbocycles. The van der Waals surface area contributed by atoms with Crippen molar-refractivity contribution in [2.75, 3.05) is 26.2 Å². The van der Waals surface area contributed by atoms with Crippen LogP contribution in [0.5, 0.6) is 0 Å². The summed E-state index contributed by atoms with van der Waals surface area (Å²) in [6, 6.07) is 17.7. The summed E-state index contributed by atoms with van der Waals surface area (Å²) in [6.45, 7) is 4.21. The number of carbonyl (C=O) groups is 1. The van der Waals surface area contributed by atoms with Gasteiger partial charge in [0.05, 0.1) is 17.4 Å². The quantitative estimate of drug-likeness (QED) is 0.544. The number of amides is 1. The average Bonchev–Trinajstić information content (AvgIpc) is 3.21. The highest BCUT2D eigenvalue weighted by molar-refractivity contribution is 5.81. The zero-order chi connectivity index (χ0) is 21.2. The number of carbonyl (C=O) groups excluding carboxylic acids is 1. The maximum absolute atomic E-state index is 12.7. The van der Waals surface area contributed by atoms with Crippen LogP contribution in [0.15, 0.2) is 65.6 Å². The number of aryl methyl sites for hydroxylation is 1. The summed E-state index contributed by atoms with van der Waals surface area (Å²) in [5.41, 5.74) is 1.77. The van der Waals surface area contributed by atoms with E-state index in [0.29, 0.717) is 49.3 Å². The fraction of sp³-hybridized carbons (Fsp3) is 0.292. The number of nitrogens with zero attached hydrogens (tertiary/aromatic N) is 4. The Hall–Kier alpha value is -3.45. The topological polar surface area (TPSA) is 74.2 Å². The Labute approximate surface area is 179 Å². The number of para-hydroxylation sites is 2. The van der Waals surface area contributed by atoms with Crippen molar-refractivity contribution in [1.29, 1.82) is 0 Å². The van der Waals surface area contributed by atoms with Crippen LogP contribution in [0.2, 0.25) is 0 Å². The van der Waals surface area contributed by atoms with Gasteiger partial charge in [-0.3, -0.25) is 14.5 Å². The first-order valence-electron chi connectivity index (χ1n) is 10.7. The number of nitrogens with one attached hydrogen (secondary N) is 1. The number of aromatic amines is 1. The van der Waals surface area contributed by atoms with Crippen LogP contribution >= 0.6 is 0 Å². The zero-order valence-electron chi connectivity index (χ0n) is 17.3. The first-order chi connectivity index (χ1) is 15.2. The molecule has 0 bridgehead atoms. The normalized spacial score (nSPS) is 15.0. The van der Waals surface area contributed by atoms with Crippen molar-refractivity contribution in [2.45, 2.75) is 19.5 Å². The third kappa shape index (κ3) is 4.09. The molecule has 1 amide bonds. The smallest absolute Gasteiger partial charge is 0.258 e. The molecule has 3 heterocycles. The number of hydrogen-bond donors (Lipinski definition) is 1. The molecule has 1 N–H and O–H groups in total. The van der Waals surface area contributed by atoms with Crippen LogP contribution in [0.4, 0.5) is 0 Å². The Balaban J connectivity index is 1.16. The van der Waals surface area contributed by atoms with Crippen molar-refractivity contribution in [3.05, 3.63) is 77.0 Å². The highest BCUT2D eigenvalue weighted by Crippen LogP contribution is 2.16. The Bertz CT molecular complexity index is 1280. The highest BCUT2D eigenvalue weighted by Gasteiger charge is 2.21. The molecular weight excluding hydrogens is 390 g/mol. The highest BCUT2D eigenvalue weighted by atomic mass is 16.2. The second kappa shape index (κ2) is 8.35. The maximum atomic E-state index is 12.7. The Morgan fingerprint density at radius 1 is 0.968 bits per heavy atom. The summed E-state index contributed by atoms with van der Waals surface area (Å²) in [5, 5.41) is 1.81. The number of H-pyrrole nitrogens is 1. The predicted molar refractivity (Wildman–Crippen MR) is 121 cm³/mol. The Kier molecular flexibility index (Phi) is 5.26. The molecule has 2 aromatic heterocycles. The van der Waals surface area contributed by atoms with E-state index < -0.39 is 0 Å². The lowest BCUT2D eigenvalue weighted by molar-refractivity contribution is -0.133. The minimum absolute atomic E-state index is 0.105. The summed E-state index contributed by atoms with van der Waals surface area (Å²) in [6.07, 6.45) is 2.55.